The van der Waals surface area contributed by atoms with Gasteiger partial charge in [0.1, 0.15) is 11.3 Å². The third kappa shape index (κ3) is 3.88. The number of H-pyrrole nitrogens is 1. The summed E-state index contributed by atoms with van der Waals surface area (Å²) in [4.78, 5) is 26.6. The molecule has 0 aliphatic carbocycles. The molecule has 6 aromatic rings. The average molecular weight is 476 g/mol. The zero-order valence-electron chi connectivity index (χ0n) is 19.6. The summed E-state index contributed by atoms with van der Waals surface area (Å²) < 4.78 is 8.65. The lowest BCUT2D eigenvalue weighted by Gasteiger charge is -2.02. The Bertz CT molecular complexity index is 1800. The molecule has 0 bridgehead atoms. The number of hydrogen-bond donors (Lipinski definition) is 0. The molecular formula is C28H23N6O2+. The minimum absolute atomic E-state index is 0.135. The third-order valence-corrected chi connectivity index (χ3v) is 6.17. The summed E-state index contributed by atoms with van der Waals surface area (Å²) in [5, 5.41) is 5.15. The summed E-state index contributed by atoms with van der Waals surface area (Å²) in [6.07, 6.45) is 4.15. The highest BCUT2D eigenvalue weighted by Gasteiger charge is 2.24. The summed E-state index contributed by atoms with van der Waals surface area (Å²) in [5.41, 5.74) is 4.91. The van der Waals surface area contributed by atoms with Crippen LogP contribution in [0.15, 0.2) is 95.1 Å². The number of benzene rings is 3. The topological polar surface area (TPSA) is 88.4 Å². The predicted molar refractivity (Wildman–Crippen MR) is 139 cm³/mol. The highest BCUT2D eigenvalue weighted by Crippen LogP contribution is 2.24. The molecule has 0 fully saturated rings. The van der Waals surface area contributed by atoms with Crippen LogP contribution in [-0.2, 0) is 13.0 Å². The smallest absolute Gasteiger partial charge is 0.322 e. The fourth-order valence-electron chi connectivity index (χ4n) is 4.33. The van der Waals surface area contributed by atoms with Crippen molar-refractivity contribution >= 4 is 39.4 Å². The molecule has 3 heterocycles. The second-order valence-corrected chi connectivity index (χ2v) is 8.45. The first kappa shape index (κ1) is 21.7. The lowest BCUT2D eigenvalue weighted by molar-refractivity contribution is -0.357. The van der Waals surface area contributed by atoms with Crippen LogP contribution in [0, 0.1) is 0 Å². The monoisotopic (exact) mass is 475 g/mol. The summed E-state index contributed by atoms with van der Waals surface area (Å²) in [6, 6.07) is 25.3. The molecular weight excluding hydrogens is 452 g/mol. The van der Waals surface area contributed by atoms with Crippen molar-refractivity contribution < 1.29 is 9.72 Å². The fourth-order valence-corrected chi connectivity index (χ4v) is 4.33. The second-order valence-electron chi connectivity index (χ2n) is 8.45. The molecule has 0 saturated carbocycles. The van der Waals surface area contributed by atoms with Gasteiger partial charge in [0, 0.05) is 6.42 Å². The first-order valence-electron chi connectivity index (χ1n) is 11.7. The normalized spacial score (nSPS) is 11.7. The number of aromatic amines is 1. The SMILES string of the molecule is COc1cccc(/C=N/n2c3nc4ccccc4nc3c3c(=O)n(CCc4ccccc4)c[nH+]c32)c1. The Hall–Kier alpha value is -4.85. The lowest BCUT2D eigenvalue weighted by atomic mass is 10.1. The third-order valence-electron chi connectivity index (χ3n) is 6.17. The first-order chi connectivity index (χ1) is 17.7. The Kier molecular flexibility index (Phi) is 5.46. The Balaban J connectivity index is 1.53. The maximum absolute atomic E-state index is 13.7. The Labute approximate surface area is 206 Å². The Morgan fingerprint density at radius 2 is 1.75 bits per heavy atom. The van der Waals surface area contributed by atoms with E-state index in [0.29, 0.717) is 28.7 Å². The van der Waals surface area contributed by atoms with Gasteiger partial charge in [0.2, 0.25) is 5.65 Å². The minimum Gasteiger partial charge on any atom is -0.497 e. The lowest BCUT2D eigenvalue weighted by Crippen LogP contribution is -2.27. The highest BCUT2D eigenvalue weighted by atomic mass is 16.5. The fraction of sp³-hybridized carbons (Fsp3) is 0.107. The molecule has 0 saturated heterocycles. The maximum atomic E-state index is 13.7. The van der Waals surface area contributed by atoms with Crippen molar-refractivity contribution in [3.63, 3.8) is 0 Å². The average Bonchev–Trinajstić information content (AvgIpc) is 3.23. The van der Waals surface area contributed by atoms with Crippen LogP contribution in [0.2, 0.25) is 0 Å². The van der Waals surface area contributed by atoms with E-state index < -0.39 is 0 Å². The van der Waals surface area contributed by atoms with Crippen molar-refractivity contribution in [2.45, 2.75) is 13.0 Å². The number of rotatable bonds is 6. The number of aromatic nitrogens is 5. The van der Waals surface area contributed by atoms with Crippen LogP contribution < -0.4 is 15.3 Å². The minimum atomic E-state index is -0.135. The molecule has 6 rings (SSSR count). The molecule has 8 nitrogen and oxygen atoms in total. The number of ether oxygens (including phenoxy) is 1. The van der Waals surface area contributed by atoms with Gasteiger partial charge < -0.3 is 4.74 Å². The van der Waals surface area contributed by atoms with Crippen LogP contribution in [0.25, 0.3) is 33.2 Å². The van der Waals surface area contributed by atoms with Gasteiger partial charge in [-0.15, -0.1) is 9.78 Å². The molecule has 176 valence electrons. The molecule has 0 spiro atoms. The molecule has 0 aliphatic heterocycles. The van der Waals surface area contributed by atoms with E-state index in [4.69, 9.17) is 19.8 Å². The zero-order valence-corrected chi connectivity index (χ0v) is 19.6. The van der Waals surface area contributed by atoms with Gasteiger partial charge in [0.25, 0.3) is 5.65 Å². The van der Waals surface area contributed by atoms with Gasteiger partial charge in [0.05, 0.1) is 30.9 Å². The number of para-hydroxylation sites is 2. The van der Waals surface area contributed by atoms with Crippen molar-refractivity contribution in [2.75, 3.05) is 7.11 Å². The van der Waals surface area contributed by atoms with Gasteiger partial charge in [-0.25, -0.2) is 24.3 Å². The first-order valence-corrected chi connectivity index (χ1v) is 11.7. The van der Waals surface area contributed by atoms with E-state index in [1.54, 1.807) is 28.9 Å². The van der Waals surface area contributed by atoms with Gasteiger partial charge in [-0.3, -0.25) is 0 Å². The zero-order chi connectivity index (χ0) is 24.5. The summed E-state index contributed by atoms with van der Waals surface area (Å²) in [5.74, 6) is 0.736. The molecule has 0 atom stereocenters. The second kappa shape index (κ2) is 9.07. The van der Waals surface area contributed by atoms with E-state index in [1.807, 2.05) is 66.7 Å². The number of methoxy groups -OCH3 is 1. The van der Waals surface area contributed by atoms with Crippen LogP contribution >= 0.6 is 0 Å². The van der Waals surface area contributed by atoms with Gasteiger partial charge >= 0.3 is 5.56 Å². The van der Waals surface area contributed by atoms with E-state index in [9.17, 15) is 4.79 Å². The molecule has 0 unspecified atom stereocenters. The van der Waals surface area contributed by atoms with E-state index >= 15 is 0 Å². The van der Waals surface area contributed by atoms with Crippen LogP contribution in [0.1, 0.15) is 11.1 Å². The van der Waals surface area contributed by atoms with Crippen LogP contribution in [0.3, 0.4) is 0 Å². The largest absolute Gasteiger partial charge is 0.497 e. The quantitative estimate of drug-likeness (QED) is 0.342. The summed E-state index contributed by atoms with van der Waals surface area (Å²) >= 11 is 0. The number of nitrogens with zero attached hydrogens (tertiary/aromatic N) is 5. The van der Waals surface area contributed by atoms with Crippen LogP contribution in [0.5, 0.6) is 5.75 Å². The number of aryl methyl sites for hydroxylation is 2. The van der Waals surface area contributed by atoms with Crippen molar-refractivity contribution in [1.82, 2.24) is 19.2 Å². The van der Waals surface area contributed by atoms with Gasteiger partial charge in [0.15, 0.2) is 11.7 Å². The molecule has 3 aromatic heterocycles. The summed E-state index contributed by atoms with van der Waals surface area (Å²) in [7, 11) is 1.63. The van der Waals surface area contributed by atoms with Crippen molar-refractivity contribution in [2.24, 2.45) is 5.10 Å². The maximum Gasteiger partial charge on any atom is 0.322 e. The van der Waals surface area contributed by atoms with Crippen LogP contribution in [-0.4, -0.2) is 32.5 Å². The Morgan fingerprint density at radius 3 is 2.56 bits per heavy atom. The molecule has 3 aromatic carbocycles. The standard InChI is InChI=1S/C28H22N6O2/c1-36-21-11-7-10-20(16-21)17-30-34-26-24(25-27(34)32-23-13-6-5-12-22(23)31-25)28(35)33(18-29-26)15-14-19-8-3-2-4-9-19/h2-13,16-18H,14-15H2,1H3/p+1/b30-17+. The van der Waals surface area contributed by atoms with Crippen molar-refractivity contribution in [3.05, 3.63) is 107 Å². The predicted octanol–water partition coefficient (Wildman–Crippen LogP) is 3.85. The highest BCUT2D eigenvalue weighted by molar-refractivity contribution is 6.03. The van der Waals surface area contributed by atoms with E-state index in [2.05, 4.69) is 17.1 Å². The number of fused-ring (bicyclic) bond motifs is 4. The molecule has 36 heavy (non-hydrogen) atoms. The molecule has 8 heteroatoms. The van der Waals surface area contributed by atoms with Gasteiger partial charge in [-0.2, -0.15) is 0 Å². The van der Waals surface area contributed by atoms with Crippen LogP contribution in [0.4, 0.5) is 0 Å². The number of hydrogen-bond acceptors (Lipinski definition) is 5. The number of nitrogens with one attached hydrogen (secondary N) is 1. The van der Waals surface area contributed by atoms with E-state index in [1.165, 1.54) is 5.56 Å². The Morgan fingerprint density at radius 1 is 0.972 bits per heavy atom. The molecule has 0 amide bonds. The van der Waals surface area contributed by atoms with E-state index in [0.717, 1.165) is 28.8 Å². The van der Waals surface area contributed by atoms with Crippen molar-refractivity contribution in [3.8, 4) is 5.75 Å². The molecule has 0 radical (unpaired) electrons. The van der Waals surface area contributed by atoms with E-state index in [-0.39, 0.29) is 5.56 Å². The van der Waals surface area contributed by atoms with Crippen molar-refractivity contribution in [1.29, 1.82) is 0 Å². The van der Waals surface area contributed by atoms with Gasteiger partial charge in [-0.05, 0) is 35.4 Å². The molecule has 0 aliphatic rings. The summed E-state index contributed by atoms with van der Waals surface area (Å²) in [6.45, 7) is 0.538. The van der Waals surface area contributed by atoms with Gasteiger partial charge in [-0.1, -0.05) is 54.6 Å². The molecule has 1 N–H and O–H groups in total.